The Morgan fingerprint density at radius 2 is 1.58 bits per heavy atom. The summed E-state index contributed by atoms with van der Waals surface area (Å²) in [7, 11) is -6.83. The highest BCUT2D eigenvalue weighted by Crippen LogP contribution is 2.25. The summed E-state index contributed by atoms with van der Waals surface area (Å²) < 4.78 is 47.5. The summed E-state index contributed by atoms with van der Waals surface area (Å²) in [5, 5.41) is 0. The van der Waals surface area contributed by atoms with E-state index in [-0.39, 0.29) is 24.7 Å². The van der Waals surface area contributed by atoms with E-state index in [0.29, 0.717) is 0 Å². The summed E-state index contributed by atoms with van der Waals surface area (Å²) in [6.45, 7) is 0.194. The second-order valence-electron chi connectivity index (χ2n) is 5.19. The van der Waals surface area contributed by atoms with Crippen LogP contribution in [0.15, 0.2) is 0 Å². The Labute approximate surface area is 121 Å². The van der Waals surface area contributed by atoms with Crippen molar-refractivity contribution in [2.75, 3.05) is 24.3 Å². The van der Waals surface area contributed by atoms with Gasteiger partial charge in [-0.2, -0.15) is 0 Å². The quantitative estimate of drug-likeness (QED) is 0.713. The minimum absolute atomic E-state index is 0. The lowest BCUT2D eigenvalue weighted by Crippen LogP contribution is -2.51. The first-order valence-corrected chi connectivity index (χ1v) is 9.77. The lowest BCUT2D eigenvalue weighted by atomic mass is 9.83. The maximum atomic E-state index is 11.6. The van der Waals surface area contributed by atoms with Crippen molar-refractivity contribution >= 4 is 32.3 Å². The predicted molar refractivity (Wildman–Crippen MR) is 78.8 cm³/mol. The molecule has 0 amide bonds. The summed E-state index contributed by atoms with van der Waals surface area (Å²) in [5.74, 6) is -0.762. The van der Waals surface area contributed by atoms with Crippen molar-refractivity contribution in [2.24, 2.45) is 5.73 Å². The number of hydrogen-bond donors (Lipinski definition) is 2. The van der Waals surface area contributed by atoms with Crippen molar-refractivity contribution in [1.82, 2.24) is 4.72 Å². The monoisotopic (exact) mass is 334 g/mol. The first-order valence-electron chi connectivity index (χ1n) is 6.06. The smallest absolute Gasteiger partial charge is 0.212 e. The van der Waals surface area contributed by atoms with Crippen LogP contribution < -0.4 is 10.5 Å². The molecule has 0 aromatic rings. The molecule has 3 N–H and O–H groups in total. The van der Waals surface area contributed by atoms with E-state index in [0.717, 1.165) is 38.4 Å². The first kappa shape index (κ1) is 19.1. The van der Waals surface area contributed by atoms with Crippen LogP contribution in [-0.2, 0) is 19.9 Å². The van der Waals surface area contributed by atoms with Crippen molar-refractivity contribution < 1.29 is 16.8 Å². The molecule has 1 aliphatic carbocycles. The summed E-state index contributed by atoms with van der Waals surface area (Å²) in [4.78, 5) is 0. The first-order chi connectivity index (χ1) is 8.12. The van der Waals surface area contributed by atoms with Crippen molar-refractivity contribution in [3.8, 4) is 0 Å². The fourth-order valence-corrected chi connectivity index (χ4v) is 4.76. The van der Waals surface area contributed by atoms with Crippen LogP contribution in [0.1, 0.15) is 32.1 Å². The molecule has 0 heterocycles. The summed E-state index contributed by atoms with van der Waals surface area (Å²) in [5.41, 5.74) is 5.63. The van der Waals surface area contributed by atoms with Gasteiger partial charge in [-0.3, -0.25) is 0 Å². The topological polar surface area (TPSA) is 106 Å². The van der Waals surface area contributed by atoms with Crippen LogP contribution in [0.2, 0.25) is 0 Å². The van der Waals surface area contributed by atoms with Gasteiger partial charge in [-0.15, -0.1) is 12.4 Å². The molecule has 1 rings (SSSR count). The molecule has 116 valence electrons. The van der Waals surface area contributed by atoms with Crippen LogP contribution in [-0.4, -0.2) is 46.7 Å². The Hall–Kier alpha value is 0.110. The molecule has 9 heteroatoms. The van der Waals surface area contributed by atoms with Gasteiger partial charge in [-0.05, 0) is 12.8 Å². The van der Waals surface area contributed by atoms with E-state index < -0.39 is 31.2 Å². The van der Waals surface area contributed by atoms with Gasteiger partial charge < -0.3 is 5.73 Å². The molecule has 0 aliphatic heterocycles. The van der Waals surface area contributed by atoms with Gasteiger partial charge in [-0.1, -0.05) is 19.3 Å². The fourth-order valence-electron chi connectivity index (χ4n) is 2.02. The highest BCUT2D eigenvalue weighted by molar-refractivity contribution is 7.93. The molecule has 0 unspecified atom stereocenters. The molecule has 1 fully saturated rings. The second kappa shape index (κ2) is 7.21. The highest BCUT2D eigenvalue weighted by Gasteiger charge is 2.29. The molecule has 0 aromatic heterocycles. The molecule has 0 bridgehead atoms. The average Bonchev–Trinajstić information content (AvgIpc) is 2.25. The Morgan fingerprint density at radius 3 is 2.05 bits per heavy atom. The van der Waals surface area contributed by atoms with Gasteiger partial charge in [0.15, 0.2) is 0 Å². The molecular weight excluding hydrogens is 312 g/mol. The van der Waals surface area contributed by atoms with E-state index >= 15 is 0 Å². The van der Waals surface area contributed by atoms with E-state index in [1.165, 1.54) is 0 Å². The van der Waals surface area contributed by atoms with Gasteiger partial charge in [-0.25, -0.2) is 21.6 Å². The standard InChI is InChI=1S/C10H22N2O4S2.ClH/c1-17(13,14)7-8-18(15,16)12-9-10(11)5-3-2-4-6-10;/h12H,2-9,11H2,1H3;1H. The van der Waals surface area contributed by atoms with Crippen LogP contribution in [0.5, 0.6) is 0 Å². The summed E-state index contributed by atoms with van der Waals surface area (Å²) in [6.07, 6.45) is 5.81. The largest absolute Gasteiger partial charge is 0.324 e. The van der Waals surface area contributed by atoms with Crippen molar-refractivity contribution in [1.29, 1.82) is 0 Å². The van der Waals surface area contributed by atoms with Crippen molar-refractivity contribution in [3.05, 3.63) is 0 Å². The Morgan fingerprint density at radius 1 is 1.05 bits per heavy atom. The molecular formula is C10H23ClN2O4S2. The molecule has 1 saturated carbocycles. The maximum Gasteiger partial charge on any atom is 0.212 e. The van der Waals surface area contributed by atoms with Crippen LogP contribution in [0.4, 0.5) is 0 Å². The minimum atomic E-state index is -3.56. The lowest BCUT2D eigenvalue weighted by molar-refractivity contribution is 0.296. The van der Waals surface area contributed by atoms with E-state index in [1.54, 1.807) is 0 Å². The van der Waals surface area contributed by atoms with Crippen LogP contribution >= 0.6 is 12.4 Å². The third-order valence-corrected chi connectivity index (χ3v) is 5.75. The summed E-state index contributed by atoms with van der Waals surface area (Å²) in [6, 6.07) is 0. The number of sulfone groups is 1. The number of rotatable bonds is 6. The third kappa shape index (κ3) is 8.09. The van der Waals surface area contributed by atoms with Crippen LogP contribution in [0, 0.1) is 0 Å². The average molecular weight is 335 g/mol. The van der Waals surface area contributed by atoms with Gasteiger partial charge in [0.05, 0.1) is 11.5 Å². The lowest BCUT2D eigenvalue weighted by Gasteiger charge is -2.33. The van der Waals surface area contributed by atoms with Gasteiger partial charge >= 0.3 is 0 Å². The van der Waals surface area contributed by atoms with Crippen molar-refractivity contribution in [3.63, 3.8) is 0 Å². The number of halogens is 1. The van der Waals surface area contributed by atoms with Gasteiger partial charge in [0.1, 0.15) is 9.84 Å². The molecule has 6 nitrogen and oxygen atoms in total. The number of sulfonamides is 1. The zero-order valence-electron chi connectivity index (χ0n) is 11.1. The zero-order valence-corrected chi connectivity index (χ0v) is 13.5. The van der Waals surface area contributed by atoms with Gasteiger partial charge in [0, 0.05) is 18.3 Å². The predicted octanol–water partition coefficient (Wildman–Crippen LogP) is 0.0338. The van der Waals surface area contributed by atoms with E-state index in [4.69, 9.17) is 5.73 Å². The summed E-state index contributed by atoms with van der Waals surface area (Å²) >= 11 is 0. The SMILES string of the molecule is CS(=O)(=O)CCS(=O)(=O)NCC1(N)CCCCC1.Cl. The highest BCUT2D eigenvalue weighted by atomic mass is 35.5. The molecule has 19 heavy (non-hydrogen) atoms. The van der Waals surface area contributed by atoms with Gasteiger partial charge in [0.25, 0.3) is 0 Å². The molecule has 0 radical (unpaired) electrons. The Balaban J connectivity index is 0.00000324. The Kier molecular flexibility index (Phi) is 7.26. The van der Waals surface area contributed by atoms with Gasteiger partial charge in [0.2, 0.25) is 10.0 Å². The number of nitrogens with two attached hydrogens (primary N) is 1. The molecule has 0 aromatic carbocycles. The van der Waals surface area contributed by atoms with E-state index in [9.17, 15) is 16.8 Å². The number of hydrogen-bond acceptors (Lipinski definition) is 5. The maximum absolute atomic E-state index is 11.6. The third-order valence-electron chi connectivity index (χ3n) is 3.22. The van der Waals surface area contributed by atoms with Crippen LogP contribution in [0.25, 0.3) is 0 Å². The van der Waals surface area contributed by atoms with Crippen molar-refractivity contribution in [2.45, 2.75) is 37.6 Å². The minimum Gasteiger partial charge on any atom is -0.324 e. The van der Waals surface area contributed by atoms with E-state index in [1.807, 2.05) is 0 Å². The normalized spacial score (nSPS) is 19.7. The zero-order chi connectivity index (χ0) is 13.9. The second-order valence-corrected chi connectivity index (χ2v) is 9.38. The number of nitrogens with one attached hydrogen (secondary N) is 1. The molecule has 0 saturated heterocycles. The fraction of sp³-hybridized carbons (Fsp3) is 1.00. The van der Waals surface area contributed by atoms with Crippen LogP contribution in [0.3, 0.4) is 0 Å². The Bertz CT molecular complexity index is 470. The molecule has 0 spiro atoms. The molecule has 0 atom stereocenters. The molecule has 1 aliphatic rings. The van der Waals surface area contributed by atoms with E-state index in [2.05, 4.69) is 4.72 Å².